The van der Waals surface area contributed by atoms with Gasteiger partial charge in [0.05, 0.1) is 29.8 Å². The highest BCUT2D eigenvalue weighted by molar-refractivity contribution is 8.01. The lowest BCUT2D eigenvalue weighted by atomic mass is 10.00. The molecule has 3 N–H and O–H groups in total. The topological polar surface area (TPSA) is 138 Å². The van der Waals surface area contributed by atoms with Gasteiger partial charge in [-0.3, -0.25) is 14.5 Å². The fraction of sp³-hybridized carbons (Fsp3) is 0.259. The number of urea groups is 1. The highest BCUT2D eigenvalue weighted by atomic mass is 32.2. The van der Waals surface area contributed by atoms with E-state index < -0.39 is 17.3 Å². The molecule has 0 spiro atoms. The number of benzene rings is 1. The van der Waals surface area contributed by atoms with Gasteiger partial charge in [-0.25, -0.2) is 19.7 Å². The largest absolute Gasteiger partial charge is 0.424 e. The fourth-order valence-electron chi connectivity index (χ4n) is 5.17. The third-order valence-corrected chi connectivity index (χ3v) is 8.23. The number of rotatable bonds is 7. The molecule has 198 valence electrons. The van der Waals surface area contributed by atoms with Gasteiger partial charge >= 0.3 is 12.0 Å². The third kappa shape index (κ3) is 4.78. The van der Waals surface area contributed by atoms with Gasteiger partial charge in [0, 0.05) is 23.8 Å². The Kier molecular flexibility index (Phi) is 6.61. The number of carbonyl (C=O) groups excluding carboxylic acids is 3. The third-order valence-electron chi connectivity index (χ3n) is 6.95. The van der Waals surface area contributed by atoms with Crippen molar-refractivity contribution in [3.63, 3.8) is 0 Å². The van der Waals surface area contributed by atoms with Crippen LogP contribution < -0.4 is 25.6 Å². The molecule has 4 heterocycles. The summed E-state index contributed by atoms with van der Waals surface area (Å²) in [5, 5.41) is 9.04. The molecule has 0 bridgehead atoms. The summed E-state index contributed by atoms with van der Waals surface area (Å²) in [6, 6.07) is 9.77. The van der Waals surface area contributed by atoms with Crippen LogP contribution in [0.4, 0.5) is 16.2 Å². The molecule has 2 aromatic heterocycles. The lowest BCUT2D eigenvalue weighted by Crippen LogP contribution is -2.53. The van der Waals surface area contributed by atoms with E-state index in [0.29, 0.717) is 22.2 Å². The van der Waals surface area contributed by atoms with Gasteiger partial charge in [0.1, 0.15) is 16.0 Å². The van der Waals surface area contributed by atoms with E-state index in [2.05, 4.69) is 37.5 Å². The highest BCUT2D eigenvalue weighted by Gasteiger charge is 2.47. The molecular formula is C27H25N7O4S. The Morgan fingerprint density at radius 2 is 1.82 bits per heavy atom. The summed E-state index contributed by atoms with van der Waals surface area (Å²) in [6.07, 6.45) is 8.31. The number of thioether (sulfide) groups is 1. The highest BCUT2D eigenvalue weighted by Crippen LogP contribution is 2.50. The maximum atomic E-state index is 13.4. The van der Waals surface area contributed by atoms with Crippen LogP contribution in [0.25, 0.3) is 0 Å². The zero-order valence-corrected chi connectivity index (χ0v) is 21.6. The monoisotopic (exact) mass is 543 g/mol. The fourth-order valence-corrected chi connectivity index (χ4v) is 6.40. The van der Waals surface area contributed by atoms with E-state index in [-0.39, 0.29) is 29.9 Å². The van der Waals surface area contributed by atoms with Crippen molar-refractivity contribution in [3.05, 3.63) is 73.2 Å². The maximum absolute atomic E-state index is 13.4. The van der Waals surface area contributed by atoms with Crippen LogP contribution in [0.15, 0.2) is 72.7 Å². The van der Waals surface area contributed by atoms with Gasteiger partial charge in [0.25, 0.3) is 0 Å². The summed E-state index contributed by atoms with van der Waals surface area (Å²) < 4.78 is 5.67. The Morgan fingerprint density at radius 1 is 1.08 bits per heavy atom. The molecule has 11 nitrogen and oxygen atoms in total. The van der Waals surface area contributed by atoms with Crippen molar-refractivity contribution >= 4 is 41.0 Å². The summed E-state index contributed by atoms with van der Waals surface area (Å²) in [5.74, 6) is 0.128. The molecule has 2 aliphatic heterocycles. The van der Waals surface area contributed by atoms with Crippen molar-refractivity contribution in [1.29, 1.82) is 0 Å². The van der Waals surface area contributed by atoms with Crippen LogP contribution in [0.1, 0.15) is 30.9 Å². The van der Waals surface area contributed by atoms with Gasteiger partial charge in [-0.1, -0.05) is 36.5 Å². The average molecular weight is 544 g/mol. The van der Waals surface area contributed by atoms with Gasteiger partial charge in [-0.2, -0.15) is 0 Å². The quantitative estimate of drug-likeness (QED) is 0.386. The van der Waals surface area contributed by atoms with E-state index in [0.717, 1.165) is 24.8 Å². The van der Waals surface area contributed by atoms with Crippen LogP contribution in [-0.4, -0.2) is 50.1 Å². The number of para-hydroxylation sites is 1. The normalized spacial score (nSPS) is 23.0. The standard InChI is InChI=1S/C27H25N7O4S/c1-2-20(35)31-17-9-6-10-18(17)32-24(36)23-22-21-19(11-12-28-25(21)39-23)34(27(37)33-22)15-13-29-26(30-14-15)38-16-7-4-3-5-8-16/h2-5,7-8,11-14,17-18,22-23H,1,6,9-10H2,(H,31,35)(H,32,36)(H,33,37)/t17-,18+,22?,23?/m0/s1. The predicted molar refractivity (Wildman–Crippen MR) is 144 cm³/mol. The molecule has 1 saturated carbocycles. The van der Waals surface area contributed by atoms with Gasteiger partial charge in [-0.15, -0.1) is 0 Å². The number of carbonyl (C=O) groups is 3. The molecule has 2 unspecified atom stereocenters. The molecule has 3 aromatic rings. The second kappa shape index (κ2) is 10.4. The Hall–Kier alpha value is -4.45. The molecule has 4 atom stereocenters. The molecule has 6 rings (SSSR count). The first-order valence-electron chi connectivity index (χ1n) is 12.6. The van der Waals surface area contributed by atoms with Gasteiger partial charge in [-0.05, 0) is 43.5 Å². The summed E-state index contributed by atoms with van der Waals surface area (Å²) in [4.78, 5) is 53.1. The molecule has 0 saturated heterocycles. The number of nitrogens with zero attached hydrogens (tertiary/aromatic N) is 4. The first kappa shape index (κ1) is 24.9. The first-order chi connectivity index (χ1) is 19.0. The second-order valence-electron chi connectivity index (χ2n) is 9.35. The van der Waals surface area contributed by atoms with Crippen LogP contribution in [-0.2, 0) is 9.59 Å². The number of pyridine rings is 1. The van der Waals surface area contributed by atoms with Crippen LogP contribution in [0, 0.1) is 0 Å². The van der Waals surface area contributed by atoms with Crippen molar-refractivity contribution in [3.8, 4) is 11.8 Å². The van der Waals surface area contributed by atoms with E-state index in [1.165, 1.54) is 35.1 Å². The lowest BCUT2D eigenvalue weighted by Gasteiger charge is -2.34. The number of amides is 4. The van der Waals surface area contributed by atoms with Gasteiger partial charge in [0.2, 0.25) is 11.8 Å². The van der Waals surface area contributed by atoms with E-state index in [1.54, 1.807) is 24.4 Å². The zero-order valence-electron chi connectivity index (χ0n) is 20.7. The number of anilines is 2. The molecule has 1 fully saturated rings. The van der Waals surface area contributed by atoms with Crippen molar-refractivity contribution in [2.75, 3.05) is 4.90 Å². The van der Waals surface area contributed by atoms with Crippen LogP contribution in [0.2, 0.25) is 0 Å². The lowest BCUT2D eigenvalue weighted by molar-refractivity contribution is -0.122. The Labute approximate surface area is 228 Å². The van der Waals surface area contributed by atoms with Crippen molar-refractivity contribution in [1.82, 2.24) is 30.9 Å². The van der Waals surface area contributed by atoms with Gasteiger partial charge < -0.3 is 20.7 Å². The minimum absolute atomic E-state index is 0.155. The van der Waals surface area contributed by atoms with E-state index in [1.807, 2.05) is 18.2 Å². The summed E-state index contributed by atoms with van der Waals surface area (Å²) in [6.45, 7) is 3.50. The minimum atomic E-state index is -0.603. The number of hydrogen-bond acceptors (Lipinski definition) is 8. The average Bonchev–Trinajstić information content (AvgIpc) is 3.54. The molecule has 39 heavy (non-hydrogen) atoms. The van der Waals surface area contributed by atoms with Crippen molar-refractivity contribution in [2.45, 2.75) is 47.7 Å². The molecule has 1 aromatic carbocycles. The number of ether oxygens (including phenoxy) is 1. The number of hydrogen-bond donors (Lipinski definition) is 3. The maximum Gasteiger partial charge on any atom is 0.327 e. The van der Waals surface area contributed by atoms with Crippen LogP contribution in [0.3, 0.4) is 0 Å². The summed E-state index contributed by atoms with van der Waals surface area (Å²) in [5.41, 5.74) is 1.84. The van der Waals surface area contributed by atoms with Crippen LogP contribution >= 0.6 is 11.8 Å². The molecule has 1 aliphatic carbocycles. The molecular weight excluding hydrogens is 518 g/mol. The number of aromatic nitrogens is 3. The second-order valence-corrected chi connectivity index (χ2v) is 10.5. The number of nitrogens with one attached hydrogen (secondary N) is 3. The van der Waals surface area contributed by atoms with E-state index in [9.17, 15) is 14.4 Å². The summed E-state index contributed by atoms with van der Waals surface area (Å²) >= 11 is 1.32. The van der Waals surface area contributed by atoms with E-state index >= 15 is 0 Å². The van der Waals surface area contributed by atoms with Gasteiger partial charge in [0.15, 0.2) is 0 Å². The smallest absolute Gasteiger partial charge is 0.327 e. The zero-order chi connectivity index (χ0) is 26.9. The minimum Gasteiger partial charge on any atom is -0.424 e. The predicted octanol–water partition coefficient (Wildman–Crippen LogP) is 3.38. The Bertz CT molecular complexity index is 1440. The van der Waals surface area contributed by atoms with Crippen molar-refractivity contribution in [2.24, 2.45) is 0 Å². The molecule has 12 heteroatoms. The van der Waals surface area contributed by atoms with E-state index in [4.69, 9.17) is 4.74 Å². The van der Waals surface area contributed by atoms with Crippen LogP contribution in [0.5, 0.6) is 11.8 Å². The Morgan fingerprint density at radius 3 is 2.56 bits per heavy atom. The summed E-state index contributed by atoms with van der Waals surface area (Å²) in [7, 11) is 0. The molecule has 4 amide bonds. The molecule has 0 radical (unpaired) electrons. The Balaban J connectivity index is 1.21. The van der Waals surface area contributed by atoms with Crippen molar-refractivity contribution < 1.29 is 19.1 Å². The first-order valence-corrected chi connectivity index (χ1v) is 13.4. The SMILES string of the molecule is C=CC(=O)N[C@H]1CCC[C@H]1NC(=O)C1Sc2nccc3c2C1NC(=O)N3c1cnc(Oc2ccccc2)nc1. The molecule has 3 aliphatic rings.